The first-order chi connectivity index (χ1) is 11.8. The predicted octanol–water partition coefficient (Wildman–Crippen LogP) is 2.85. The van der Waals surface area contributed by atoms with Crippen LogP contribution in [0, 0.1) is 17.3 Å². The molecule has 8 heteroatoms. The lowest BCUT2D eigenvalue weighted by molar-refractivity contribution is -0.159. The highest BCUT2D eigenvalue weighted by molar-refractivity contribution is 7.10. The van der Waals surface area contributed by atoms with E-state index in [9.17, 15) is 13.6 Å². The van der Waals surface area contributed by atoms with E-state index < -0.39 is 17.9 Å². The van der Waals surface area contributed by atoms with Gasteiger partial charge in [-0.2, -0.15) is 8.78 Å². The molecule has 1 fully saturated rings. The van der Waals surface area contributed by atoms with Crippen LogP contribution in [0.1, 0.15) is 23.4 Å². The molecule has 2 aromatic heterocycles. The van der Waals surface area contributed by atoms with Crippen molar-refractivity contribution in [2.45, 2.75) is 18.9 Å². The molecule has 25 heavy (non-hydrogen) atoms. The number of carbonyl (C=O) groups is 1. The summed E-state index contributed by atoms with van der Waals surface area (Å²) in [5, 5.41) is 11.8. The summed E-state index contributed by atoms with van der Waals surface area (Å²) in [6.45, 7) is 1.72. The molecule has 1 aliphatic rings. The largest absolute Gasteiger partial charge is 0.349 e. The number of rotatable bonds is 2. The summed E-state index contributed by atoms with van der Waals surface area (Å²) in [6.07, 6.45) is 3.25. The molecule has 1 atom stereocenters. The molecular formula is C17H14F2N4OS. The zero-order chi connectivity index (χ0) is 18.2. The molecule has 0 radical (unpaired) electrons. The topological polar surface area (TPSA) is 69.1 Å². The molecule has 2 aromatic rings. The number of guanidine groups is 1. The Hall–Kier alpha value is -2.79. The number of nitrogens with one attached hydrogen (secondary N) is 2. The summed E-state index contributed by atoms with van der Waals surface area (Å²) in [5.74, 6) is 0.310. The van der Waals surface area contributed by atoms with Gasteiger partial charge in [0.2, 0.25) is 0 Å². The van der Waals surface area contributed by atoms with Crippen LogP contribution in [0.3, 0.4) is 0 Å². The Bertz CT molecular complexity index is 913. The molecular weight excluding hydrogens is 346 g/mol. The van der Waals surface area contributed by atoms with Crippen LogP contribution >= 0.6 is 11.3 Å². The van der Waals surface area contributed by atoms with Crippen molar-refractivity contribution in [1.82, 2.24) is 15.2 Å². The average molecular weight is 360 g/mol. The maximum atomic E-state index is 14.4. The highest BCUT2D eigenvalue weighted by atomic mass is 32.1. The summed E-state index contributed by atoms with van der Waals surface area (Å²) in [4.78, 5) is 16.8. The van der Waals surface area contributed by atoms with Gasteiger partial charge in [-0.1, -0.05) is 5.92 Å². The number of hydrogen-bond acceptors (Lipinski definition) is 4. The van der Waals surface area contributed by atoms with E-state index in [1.54, 1.807) is 30.8 Å². The normalized spacial score (nSPS) is 19.2. The lowest BCUT2D eigenvalue weighted by Crippen LogP contribution is -2.61. The monoisotopic (exact) mass is 360 g/mol. The fourth-order valence-corrected chi connectivity index (χ4v) is 3.49. The fourth-order valence-electron chi connectivity index (χ4n) is 2.49. The molecule has 3 heterocycles. The van der Waals surface area contributed by atoms with Gasteiger partial charge in [0.05, 0.1) is 0 Å². The van der Waals surface area contributed by atoms with Gasteiger partial charge in [-0.05, 0) is 30.0 Å². The Morgan fingerprint density at radius 3 is 2.84 bits per heavy atom. The van der Waals surface area contributed by atoms with Crippen molar-refractivity contribution in [3.05, 3.63) is 40.3 Å². The molecule has 0 aromatic carbocycles. The number of thiophene rings is 1. The minimum Gasteiger partial charge on any atom is -0.342 e. The van der Waals surface area contributed by atoms with Crippen molar-refractivity contribution in [3.8, 4) is 23.0 Å². The van der Waals surface area contributed by atoms with E-state index in [0.717, 1.165) is 29.5 Å². The Morgan fingerprint density at radius 1 is 1.36 bits per heavy atom. The smallest absolute Gasteiger partial charge is 0.342 e. The molecule has 0 saturated carbocycles. The van der Waals surface area contributed by atoms with Gasteiger partial charge in [-0.3, -0.25) is 20.1 Å². The maximum Gasteiger partial charge on any atom is 0.349 e. The lowest BCUT2D eigenvalue weighted by Gasteiger charge is -2.36. The summed E-state index contributed by atoms with van der Waals surface area (Å²) >= 11 is 1.10. The maximum absolute atomic E-state index is 14.4. The number of alkyl halides is 2. The van der Waals surface area contributed by atoms with Gasteiger partial charge >= 0.3 is 11.8 Å². The van der Waals surface area contributed by atoms with E-state index in [4.69, 9.17) is 5.41 Å². The van der Waals surface area contributed by atoms with Crippen LogP contribution in [0.4, 0.5) is 8.78 Å². The van der Waals surface area contributed by atoms with Crippen molar-refractivity contribution in [3.63, 3.8) is 0 Å². The molecule has 0 spiro atoms. The Morgan fingerprint density at radius 2 is 2.12 bits per heavy atom. The zero-order valence-electron chi connectivity index (χ0n) is 13.4. The molecule has 0 aliphatic carbocycles. The zero-order valence-corrected chi connectivity index (χ0v) is 14.2. The van der Waals surface area contributed by atoms with E-state index >= 15 is 0 Å². The van der Waals surface area contributed by atoms with Crippen LogP contribution in [0.5, 0.6) is 0 Å². The van der Waals surface area contributed by atoms with Gasteiger partial charge in [0.1, 0.15) is 6.04 Å². The number of aromatic nitrogens is 1. The number of carbonyl (C=O) groups excluding carboxylic acids is 1. The molecule has 0 bridgehead atoms. The molecule has 1 aliphatic heterocycles. The lowest BCUT2D eigenvalue weighted by atomic mass is 10.0. The minimum absolute atomic E-state index is 0.276. The number of hydrogen-bond donors (Lipinski definition) is 2. The molecule has 0 unspecified atom stereocenters. The van der Waals surface area contributed by atoms with Gasteiger partial charge in [0.15, 0.2) is 5.96 Å². The van der Waals surface area contributed by atoms with Crippen LogP contribution in [0.15, 0.2) is 29.9 Å². The first kappa shape index (κ1) is 17.0. The summed E-state index contributed by atoms with van der Waals surface area (Å²) in [6, 6.07) is 1.85. The van der Waals surface area contributed by atoms with Crippen LogP contribution in [0.2, 0.25) is 0 Å². The first-order valence-corrected chi connectivity index (χ1v) is 8.20. The van der Waals surface area contributed by atoms with E-state index in [1.165, 1.54) is 0 Å². The molecule has 1 saturated heterocycles. The third-order valence-corrected chi connectivity index (χ3v) is 4.81. The van der Waals surface area contributed by atoms with Crippen molar-refractivity contribution in [1.29, 1.82) is 5.41 Å². The van der Waals surface area contributed by atoms with E-state index in [1.807, 2.05) is 6.07 Å². The minimum atomic E-state index is -3.63. The third kappa shape index (κ3) is 2.98. The molecule has 128 valence electrons. The molecule has 5 nitrogen and oxygen atoms in total. The number of nitrogens with zero attached hydrogens (tertiary/aromatic N) is 2. The number of halogens is 2. The van der Waals surface area contributed by atoms with Gasteiger partial charge in [-0.15, -0.1) is 17.3 Å². The van der Waals surface area contributed by atoms with Crippen molar-refractivity contribution >= 4 is 23.2 Å². The van der Waals surface area contributed by atoms with Crippen molar-refractivity contribution < 1.29 is 13.6 Å². The van der Waals surface area contributed by atoms with E-state index in [-0.39, 0.29) is 10.8 Å². The third-order valence-electron chi connectivity index (χ3n) is 3.81. The Labute approximate surface area is 147 Å². The summed E-state index contributed by atoms with van der Waals surface area (Å²) in [7, 11) is 1.15. The van der Waals surface area contributed by atoms with Crippen LogP contribution in [-0.4, -0.2) is 34.7 Å². The standard InChI is InChI=1S/C17H14F2N4OS/c1-3-4-10-5-11(8-21-7-10)12-6-13(25-9-12)14-17(18,19)15(24)23(2)16(20)22-14/h5-9,14H,1-2H3,(H2,20,22)/t14-/m1/s1. The number of pyridine rings is 1. The van der Waals surface area contributed by atoms with E-state index in [0.29, 0.717) is 10.5 Å². The van der Waals surface area contributed by atoms with Crippen LogP contribution < -0.4 is 5.32 Å². The summed E-state index contributed by atoms with van der Waals surface area (Å²) in [5.41, 5.74) is 2.19. The van der Waals surface area contributed by atoms with Crippen molar-refractivity contribution in [2.75, 3.05) is 7.05 Å². The highest BCUT2D eigenvalue weighted by Gasteiger charge is 2.54. The highest BCUT2D eigenvalue weighted by Crippen LogP contribution is 2.40. The SMILES string of the molecule is CC#Cc1cncc(-c2csc([C@H]3NC(=N)N(C)C(=O)C3(F)F)c2)c1. The van der Waals surface area contributed by atoms with Crippen LogP contribution in [0.25, 0.3) is 11.1 Å². The van der Waals surface area contributed by atoms with Gasteiger partial charge in [-0.25, -0.2) is 0 Å². The van der Waals surface area contributed by atoms with Gasteiger partial charge in [0.25, 0.3) is 0 Å². The Kier molecular flexibility index (Phi) is 4.27. The van der Waals surface area contributed by atoms with Gasteiger partial charge < -0.3 is 5.32 Å². The Balaban J connectivity index is 1.95. The first-order valence-electron chi connectivity index (χ1n) is 7.32. The average Bonchev–Trinajstić information content (AvgIpc) is 3.07. The second kappa shape index (κ2) is 6.26. The molecule has 1 amide bonds. The van der Waals surface area contributed by atoms with Crippen molar-refractivity contribution in [2.24, 2.45) is 0 Å². The second-order valence-corrected chi connectivity index (χ2v) is 6.43. The summed E-state index contributed by atoms with van der Waals surface area (Å²) < 4.78 is 28.7. The van der Waals surface area contributed by atoms with Crippen LogP contribution in [-0.2, 0) is 4.79 Å². The van der Waals surface area contributed by atoms with E-state index in [2.05, 4.69) is 22.1 Å². The molecule has 2 N–H and O–H groups in total. The second-order valence-electron chi connectivity index (χ2n) is 5.49. The molecule has 3 rings (SSSR count). The fraction of sp³-hybridized carbons (Fsp3) is 0.235. The van der Waals surface area contributed by atoms with Gasteiger partial charge in [0, 0.05) is 35.4 Å². The quantitative estimate of drug-likeness (QED) is 0.809. The predicted molar refractivity (Wildman–Crippen MR) is 91.4 cm³/mol. The number of amides is 1.